The Morgan fingerprint density at radius 2 is 2.18 bits per heavy atom. The number of rotatable bonds is 3. The number of thiophene rings is 1. The molecule has 0 amide bonds. The molecule has 2 aromatic rings. The van der Waals surface area contributed by atoms with Crippen LogP contribution in [-0.4, -0.2) is 22.4 Å². The number of nitrogens with zero attached hydrogens (tertiary/aromatic N) is 1. The van der Waals surface area contributed by atoms with Crippen molar-refractivity contribution in [2.45, 2.75) is 0 Å². The largest absolute Gasteiger partial charge is 0.507 e. The van der Waals surface area contributed by atoms with Crippen LogP contribution in [-0.2, 0) is 0 Å². The third-order valence-electron chi connectivity index (χ3n) is 2.10. The first-order valence-corrected chi connectivity index (χ1v) is 5.68. The summed E-state index contributed by atoms with van der Waals surface area (Å²) in [7, 11) is 0. The molecular weight excluding hydrogens is 238 g/mol. The summed E-state index contributed by atoms with van der Waals surface area (Å²) < 4.78 is 0. The van der Waals surface area contributed by atoms with Crippen LogP contribution in [0.4, 0.5) is 5.69 Å². The number of aromatic carboxylic acids is 1. The van der Waals surface area contributed by atoms with E-state index < -0.39 is 5.97 Å². The first kappa shape index (κ1) is 11.3. The van der Waals surface area contributed by atoms with Gasteiger partial charge in [0.2, 0.25) is 0 Å². The minimum absolute atomic E-state index is 0.125. The van der Waals surface area contributed by atoms with Gasteiger partial charge < -0.3 is 10.2 Å². The Morgan fingerprint density at radius 3 is 2.76 bits per heavy atom. The van der Waals surface area contributed by atoms with Gasteiger partial charge in [0, 0.05) is 17.2 Å². The third-order valence-corrected chi connectivity index (χ3v) is 2.90. The fraction of sp³-hybridized carbons (Fsp3) is 0. The maximum absolute atomic E-state index is 10.7. The van der Waals surface area contributed by atoms with E-state index in [1.807, 2.05) is 17.5 Å². The Bertz CT molecular complexity index is 561. The number of hydrogen-bond donors (Lipinski definition) is 2. The van der Waals surface area contributed by atoms with E-state index in [0.717, 1.165) is 4.88 Å². The van der Waals surface area contributed by atoms with E-state index in [2.05, 4.69) is 4.99 Å². The Labute approximate surface area is 102 Å². The lowest BCUT2D eigenvalue weighted by Gasteiger charge is -1.99. The fourth-order valence-corrected chi connectivity index (χ4v) is 1.87. The number of carboxylic acid groups (broad SMARTS) is 1. The van der Waals surface area contributed by atoms with E-state index >= 15 is 0 Å². The smallest absolute Gasteiger partial charge is 0.339 e. The summed E-state index contributed by atoms with van der Waals surface area (Å²) in [6, 6.07) is 8.04. The molecule has 1 aromatic heterocycles. The van der Waals surface area contributed by atoms with Crippen molar-refractivity contribution in [2.24, 2.45) is 4.99 Å². The lowest BCUT2D eigenvalue weighted by molar-refractivity contribution is 0.0694. The van der Waals surface area contributed by atoms with Gasteiger partial charge in [-0.1, -0.05) is 6.07 Å². The van der Waals surface area contributed by atoms with Crippen molar-refractivity contribution in [2.75, 3.05) is 0 Å². The van der Waals surface area contributed by atoms with E-state index in [9.17, 15) is 9.90 Å². The second kappa shape index (κ2) is 4.80. The molecule has 0 spiro atoms. The molecule has 0 unspecified atom stereocenters. The van der Waals surface area contributed by atoms with Crippen LogP contribution in [0.3, 0.4) is 0 Å². The van der Waals surface area contributed by atoms with Crippen molar-refractivity contribution in [1.29, 1.82) is 0 Å². The summed E-state index contributed by atoms with van der Waals surface area (Å²) in [6.07, 6.45) is 1.67. The average molecular weight is 247 g/mol. The Hall–Kier alpha value is -2.14. The number of carboxylic acids is 1. The van der Waals surface area contributed by atoms with Crippen molar-refractivity contribution in [3.8, 4) is 5.75 Å². The lowest BCUT2D eigenvalue weighted by Crippen LogP contribution is -1.95. The highest BCUT2D eigenvalue weighted by molar-refractivity contribution is 7.11. The molecule has 86 valence electrons. The summed E-state index contributed by atoms with van der Waals surface area (Å²) in [5.74, 6) is -1.44. The summed E-state index contributed by atoms with van der Waals surface area (Å²) in [6.45, 7) is 0. The first-order valence-electron chi connectivity index (χ1n) is 4.81. The molecule has 1 aromatic carbocycles. The maximum atomic E-state index is 10.7. The molecule has 0 saturated carbocycles. The molecule has 0 bridgehead atoms. The number of phenols is 1. The minimum atomic E-state index is -1.16. The molecule has 5 heteroatoms. The van der Waals surface area contributed by atoms with Gasteiger partial charge in [-0.15, -0.1) is 11.3 Å². The molecule has 0 atom stereocenters. The van der Waals surface area contributed by atoms with Crippen molar-refractivity contribution in [1.82, 2.24) is 0 Å². The molecule has 0 saturated heterocycles. The molecule has 0 fully saturated rings. The second-order valence-corrected chi connectivity index (χ2v) is 4.26. The monoisotopic (exact) mass is 247 g/mol. The number of carbonyl (C=O) groups is 1. The maximum Gasteiger partial charge on any atom is 0.339 e. The van der Waals surface area contributed by atoms with Crippen LogP contribution in [0.1, 0.15) is 15.2 Å². The van der Waals surface area contributed by atoms with Gasteiger partial charge in [0.25, 0.3) is 0 Å². The van der Waals surface area contributed by atoms with E-state index in [4.69, 9.17) is 5.11 Å². The van der Waals surface area contributed by atoms with E-state index in [1.165, 1.54) is 12.1 Å². The molecule has 0 aliphatic rings. The average Bonchev–Trinajstić information content (AvgIpc) is 2.78. The summed E-state index contributed by atoms with van der Waals surface area (Å²) in [5, 5.41) is 20.1. The zero-order valence-electron chi connectivity index (χ0n) is 8.70. The molecule has 0 aliphatic heterocycles. The quantitative estimate of drug-likeness (QED) is 0.819. The number of benzene rings is 1. The van der Waals surface area contributed by atoms with Gasteiger partial charge in [-0.2, -0.15) is 0 Å². The van der Waals surface area contributed by atoms with Crippen molar-refractivity contribution in [3.63, 3.8) is 0 Å². The predicted octanol–water partition coefficient (Wildman–Crippen LogP) is 2.90. The fourth-order valence-electron chi connectivity index (χ4n) is 1.28. The zero-order chi connectivity index (χ0) is 12.3. The lowest BCUT2D eigenvalue weighted by atomic mass is 10.2. The highest BCUT2D eigenvalue weighted by Crippen LogP contribution is 2.24. The van der Waals surface area contributed by atoms with Crippen LogP contribution in [0.2, 0.25) is 0 Å². The van der Waals surface area contributed by atoms with Crippen molar-refractivity contribution >= 4 is 29.2 Å². The SMILES string of the molecule is O=C(O)c1ccc(N=Cc2cccs2)cc1O. The minimum Gasteiger partial charge on any atom is -0.507 e. The van der Waals surface area contributed by atoms with Gasteiger partial charge >= 0.3 is 5.97 Å². The van der Waals surface area contributed by atoms with Crippen LogP contribution < -0.4 is 0 Å². The molecule has 1 heterocycles. The Kier molecular flexibility index (Phi) is 3.20. The van der Waals surface area contributed by atoms with Gasteiger partial charge in [0.1, 0.15) is 11.3 Å². The van der Waals surface area contributed by atoms with Crippen molar-refractivity contribution < 1.29 is 15.0 Å². The van der Waals surface area contributed by atoms with Gasteiger partial charge in [0.15, 0.2) is 0 Å². The summed E-state index contributed by atoms with van der Waals surface area (Å²) in [5.41, 5.74) is 0.390. The molecule has 17 heavy (non-hydrogen) atoms. The summed E-state index contributed by atoms with van der Waals surface area (Å²) >= 11 is 1.55. The van der Waals surface area contributed by atoms with Crippen molar-refractivity contribution in [3.05, 3.63) is 46.2 Å². The Balaban J connectivity index is 2.24. The molecule has 2 N–H and O–H groups in total. The summed E-state index contributed by atoms with van der Waals surface area (Å²) in [4.78, 5) is 15.8. The first-order chi connectivity index (χ1) is 8.16. The molecule has 4 nitrogen and oxygen atoms in total. The third kappa shape index (κ3) is 2.70. The van der Waals surface area contributed by atoms with Crippen LogP contribution >= 0.6 is 11.3 Å². The zero-order valence-corrected chi connectivity index (χ0v) is 9.52. The van der Waals surface area contributed by atoms with E-state index in [-0.39, 0.29) is 11.3 Å². The predicted molar refractivity (Wildman–Crippen MR) is 66.6 cm³/mol. The highest BCUT2D eigenvalue weighted by Gasteiger charge is 2.08. The van der Waals surface area contributed by atoms with E-state index in [0.29, 0.717) is 5.69 Å². The van der Waals surface area contributed by atoms with Gasteiger partial charge in [-0.3, -0.25) is 4.99 Å². The molecule has 0 aliphatic carbocycles. The highest BCUT2D eigenvalue weighted by atomic mass is 32.1. The Morgan fingerprint density at radius 1 is 1.35 bits per heavy atom. The topological polar surface area (TPSA) is 69.9 Å². The standard InChI is InChI=1S/C12H9NO3S/c14-11-6-8(3-4-10(11)12(15)16)13-7-9-2-1-5-17-9/h1-7,14H,(H,15,16). The molecule has 2 rings (SSSR count). The van der Waals surface area contributed by atoms with Crippen LogP contribution in [0.5, 0.6) is 5.75 Å². The van der Waals surface area contributed by atoms with Crippen LogP contribution in [0.25, 0.3) is 0 Å². The number of aliphatic imine (C=N–C) groups is 1. The number of aromatic hydroxyl groups is 1. The normalized spacial score (nSPS) is 10.8. The van der Waals surface area contributed by atoms with E-state index in [1.54, 1.807) is 23.6 Å². The van der Waals surface area contributed by atoms with Crippen LogP contribution in [0.15, 0.2) is 40.7 Å². The second-order valence-electron chi connectivity index (χ2n) is 3.28. The van der Waals surface area contributed by atoms with Gasteiger partial charge in [-0.05, 0) is 23.6 Å². The van der Waals surface area contributed by atoms with Crippen LogP contribution in [0, 0.1) is 0 Å². The van der Waals surface area contributed by atoms with Gasteiger partial charge in [0.05, 0.1) is 5.69 Å². The number of hydrogen-bond acceptors (Lipinski definition) is 4. The molecular formula is C12H9NO3S. The molecule has 0 radical (unpaired) electrons. The van der Waals surface area contributed by atoms with Gasteiger partial charge in [-0.25, -0.2) is 4.79 Å².